The molecule has 4 rings (SSSR count). The highest BCUT2D eigenvalue weighted by Gasteiger charge is 2.35. The van der Waals surface area contributed by atoms with Crippen LogP contribution in [0, 0.1) is 5.92 Å². The van der Waals surface area contributed by atoms with Crippen LogP contribution in [-0.4, -0.2) is 49.1 Å². The van der Waals surface area contributed by atoms with Gasteiger partial charge in [-0.25, -0.2) is 0 Å². The zero-order valence-electron chi connectivity index (χ0n) is 13.9. The molecule has 3 heterocycles. The lowest BCUT2D eigenvalue weighted by Crippen LogP contribution is -2.47. The number of para-hydroxylation sites is 1. The molecular formula is C19H24N2O3. The molecule has 0 spiro atoms. The van der Waals surface area contributed by atoms with Gasteiger partial charge in [0.05, 0.1) is 0 Å². The Morgan fingerprint density at radius 3 is 2.54 bits per heavy atom. The summed E-state index contributed by atoms with van der Waals surface area (Å²) in [6.07, 6.45) is 4.02. The molecule has 1 aromatic carbocycles. The van der Waals surface area contributed by atoms with Gasteiger partial charge >= 0.3 is 0 Å². The van der Waals surface area contributed by atoms with Crippen molar-refractivity contribution in [2.75, 3.05) is 31.1 Å². The Morgan fingerprint density at radius 1 is 1.00 bits per heavy atom. The number of carbonyl (C=O) groups excluding carboxylic acids is 2. The molecule has 5 nitrogen and oxygen atoms in total. The molecule has 5 heteroatoms. The van der Waals surface area contributed by atoms with Crippen molar-refractivity contribution in [2.24, 2.45) is 5.92 Å². The molecular weight excluding hydrogens is 304 g/mol. The molecule has 0 aromatic heterocycles. The van der Waals surface area contributed by atoms with Crippen LogP contribution in [0.2, 0.25) is 0 Å². The van der Waals surface area contributed by atoms with Crippen molar-refractivity contribution in [1.29, 1.82) is 0 Å². The van der Waals surface area contributed by atoms with Crippen LogP contribution in [0.1, 0.15) is 31.2 Å². The maximum Gasteiger partial charge on any atom is 0.251 e. The number of benzene rings is 1. The molecule has 3 aliphatic heterocycles. The predicted octanol–water partition coefficient (Wildman–Crippen LogP) is 1.99. The summed E-state index contributed by atoms with van der Waals surface area (Å²) in [5.41, 5.74) is 2.33. The van der Waals surface area contributed by atoms with E-state index in [0.29, 0.717) is 19.7 Å². The van der Waals surface area contributed by atoms with Crippen LogP contribution in [0.25, 0.3) is 0 Å². The Labute approximate surface area is 142 Å². The van der Waals surface area contributed by atoms with Crippen molar-refractivity contribution in [3.8, 4) is 0 Å². The van der Waals surface area contributed by atoms with Crippen LogP contribution >= 0.6 is 0 Å². The second-order valence-corrected chi connectivity index (χ2v) is 6.97. The molecule has 2 saturated heterocycles. The highest BCUT2D eigenvalue weighted by atomic mass is 16.5. The van der Waals surface area contributed by atoms with E-state index in [1.165, 1.54) is 5.56 Å². The molecule has 0 N–H and O–H groups in total. The zero-order chi connectivity index (χ0) is 16.5. The third-order valence-corrected chi connectivity index (χ3v) is 5.51. The number of carbonyl (C=O) groups is 2. The smallest absolute Gasteiger partial charge is 0.251 e. The molecule has 24 heavy (non-hydrogen) atoms. The average Bonchev–Trinajstić information content (AvgIpc) is 3.30. The van der Waals surface area contributed by atoms with Crippen LogP contribution in [-0.2, 0) is 20.7 Å². The topological polar surface area (TPSA) is 49.9 Å². The molecule has 3 aliphatic rings. The van der Waals surface area contributed by atoms with Gasteiger partial charge in [0.25, 0.3) is 5.91 Å². The first kappa shape index (κ1) is 15.6. The maximum atomic E-state index is 12.9. The predicted molar refractivity (Wildman–Crippen MR) is 90.8 cm³/mol. The van der Waals surface area contributed by atoms with Crippen molar-refractivity contribution in [1.82, 2.24) is 4.90 Å². The zero-order valence-corrected chi connectivity index (χ0v) is 13.9. The summed E-state index contributed by atoms with van der Waals surface area (Å²) in [7, 11) is 0. The van der Waals surface area contributed by atoms with E-state index in [2.05, 4.69) is 6.07 Å². The highest BCUT2D eigenvalue weighted by Crippen LogP contribution is 2.31. The van der Waals surface area contributed by atoms with Crippen molar-refractivity contribution in [3.05, 3.63) is 29.8 Å². The van der Waals surface area contributed by atoms with E-state index in [0.717, 1.165) is 44.3 Å². The second kappa shape index (κ2) is 6.55. The number of ether oxygens (including phenoxy) is 1. The second-order valence-electron chi connectivity index (χ2n) is 6.97. The minimum atomic E-state index is -0.247. The van der Waals surface area contributed by atoms with Gasteiger partial charge in [-0.05, 0) is 43.7 Å². The van der Waals surface area contributed by atoms with Gasteiger partial charge in [0, 0.05) is 37.8 Å². The summed E-state index contributed by atoms with van der Waals surface area (Å²) < 4.78 is 5.50. The van der Waals surface area contributed by atoms with Gasteiger partial charge < -0.3 is 14.5 Å². The number of likely N-dealkylation sites (tertiary alicyclic amines) is 1. The van der Waals surface area contributed by atoms with Crippen molar-refractivity contribution < 1.29 is 14.3 Å². The van der Waals surface area contributed by atoms with Gasteiger partial charge in [-0.15, -0.1) is 0 Å². The number of fused-ring (bicyclic) bond motifs is 1. The Bertz CT molecular complexity index is 631. The van der Waals surface area contributed by atoms with Crippen LogP contribution < -0.4 is 4.90 Å². The number of hydrogen-bond acceptors (Lipinski definition) is 3. The standard InChI is InChI=1S/C19H24N2O3/c22-18(21-12-9-14-4-1-2-5-16(14)21)15-7-10-20(11-8-15)19(23)17-6-3-13-24-17/h1-2,4-5,15,17H,3,6-13H2/t17-/m1/s1. The van der Waals surface area contributed by atoms with Crippen LogP contribution in [0.15, 0.2) is 24.3 Å². The summed E-state index contributed by atoms with van der Waals surface area (Å²) in [6, 6.07) is 8.16. The number of amides is 2. The summed E-state index contributed by atoms with van der Waals surface area (Å²) in [5.74, 6) is 0.374. The van der Waals surface area contributed by atoms with E-state index in [4.69, 9.17) is 4.74 Å². The van der Waals surface area contributed by atoms with E-state index >= 15 is 0 Å². The quantitative estimate of drug-likeness (QED) is 0.834. The van der Waals surface area contributed by atoms with E-state index < -0.39 is 0 Å². The van der Waals surface area contributed by atoms with Gasteiger partial charge in [-0.1, -0.05) is 18.2 Å². The Kier molecular flexibility index (Phi) is 4.27. The lowest BCUT2D eigenvalue weighted by atomic mass is 9.94. The minimum Gasteiger partial charge on any atom is -0.368 e. The maximum absolute atomic E-state index is 12.9. The average molecular weight is 328 g/mol. The number of piperidine rings is 1. The largest absolute Gasteiger partial charge is 0.368 e. The fraction of sp³-hybridized carbons (Fsp3) is 0.579. The van der Waals surface area contributed by atoms with Crippen molar-refractivity contribution in [2.45, 2.75) is 38.2 Å². The third-order valence-electron chi connectivity index (χ3n) is 5.51. The summed E-state index contributed by atoms with van der Waals surface area (Å²) >= 11 is 0. The summed E-state index contributed by atoms with van der Waals surface area (Å²) in [4.78, 5) is 29.1. The molecule has 2 fully saturated rings. The van der Waals surface area contributed by atoms with E-state index in [1.807, 2.05) is 28.0 Å². The number of rotatable bonds is 2. The summed E-state index contributed by atoms with van der Waals surface area (Å²) in [5, 5.41) is 0. The van der Waals surface area contributed by atoms with Gasteiger partial charge in [0.1, 0.15) is 6.10 Å². The monoisotopic (exact) mass is 328 g/mol. The molecule has 0 aliphatic carbocycles. The fourth-order valence-electron chi connectivity index (χ4n) is 4.11. The molecule has 1 atom stereocenters. The van der Waals surface area contributed by atoms with E-state index in [1.54, 1.807) is 0 Å². The summed E-state index contributed by atoms with van der Waals surface area (Å²) in [6.45, 7) is 2.82. The number of nitrogens with zero attached hydrogens (tertiary/aromatic N) is 2. The first-order valence-electron chi connectivity index (χ1n) is 9.04. The Hall–Kier alpha value is -1.88. The van der Waals surface area contributed by atoms with E-state index in [-0.39, 0.29) is 23.8 Å². The van der Waals surface area contributed by atoms with Crippen LogP contribution in [0.5, 0.6) is 0 Å². The Balaban J connectivity index is 1.36. The molecule has 0 unspecified atom stereocenters. The molecule has 128 valence electrons. The first-order chi connectivity index (χ1) is 11.7. The minimum absolute atomic E-state index is 0.0321. The van der Waals surface area contributed by atoms with Crippen molar-refractivity contribution in [3.63, 3.8) is 0 Å². The van der Waals surface area contributed by atoms with Gasteiger partial charge in [0.15, 0.2) is 0 Å². The number of hydrogen-bond donors (Lipinski definition) is 0. The van der Waals surface area contributed by atoms with Gasteiger partial charge in [-0.2, -0.15) is 0 Å². The van der Waals surface area contributed by atoms with E-state index in [9.17, 15) is 9.59 Å². The van der Waals surface area contributed by atoms with Gasteiger partial charge in [-0.3, -0.25) is 9.59 Å². The van der Waals surface area contributed by atoms with Crippen LogP contribution in [0.3, 0.4) is 0 Å². The fourth-order valence-corrected chi connectivity index (χ4v) is 4.11. The van der Waals surface area contributed by atoms with Gasteiger partial charge in [0.2, 0.25) is 5.91 Å². The number of anilines is 1. The lowest BCUT2D eigenvalue weighted by Gasteiger charge is -2.34. The molecule has 0 bridgehead atoms. The molecule has 2 amide bonds. The molecule has 1 aromatic rings. The molecule has 0 radical (unpaired) electrons. The SMILES string of the molecule is O=C([C@H]1CCCO1)N1CCC(C(=O)N2CCc3ccccc32)CC1. The third kappa shape index (κ3) is 2.81. The van der Waals surface area contributed by atoms with Crippen LogP contribution in [0.4, 0.5) is 5.69 Å². The Morgan fingerprint density at radius 2 is 1.79 bits per heavy atom. The van der Waals surface area contributed by atoms with Crippen molar-refractivity contribution >= 4 is 17.5 Å². The molecule has 0 saturated carbocycles. The normalized spacial score (nSPS) is 24.2. The lowest BCUT2D eigenvalue weighted by molar-refractivity contribution is -0.143. The first-order valence-corrected chi connectivity index (χ1v) is 9.04. The highest BCUT2D eigenvalue weighted by molar-refractivity contribution is 5.97.